The molecule has 0 spiro atoms. The Morgan fingerprint density at radius 3 is 2.80 bits per heavy atom. The summed E-state index contributed by atoms with van der Waals surface area (Å²) in [6.07, 6.45) is 2.47. The molecule has 82 valence electrons. The predicted molar refractivity (Wildman–Crippen MR) is 55.7 cm³/mol. The fourth-order valence-electron chi connectivity index (χ4n) is 2.32. The summed E-state index contributed by atoms with van der Waals surface area (Å²) in [6.45, 7) is 2.76. The molecule has 0 heterocycles. The van der Waals surface area contributed by atoms with E-state index in [4.69, 9.17) is 0 Å². The van der Waals surface area contributed by atoms with E-state index in [0.29, 0.717) is 17.5 Å². The van der Waals surface area contributed by atoms with Gasteiger partial charge in [-0.2, -0.15) is 0 Å². The molecule has 1 aliphatic carbocycles. The Labute approximate surface area is 88.5 Å². The lowest BCUT2D eigenvalue weighted by Crippen LogP contribution is -2.26. The van der Waals surface area contributed by atoms with Gasteiger partial charge in [-0.1, -0.05) is 6.92 Å². The molecule has 0 amide bonds. The zero-order chi connectivity index (χ0) is 10.8. The molecular weight excluding hydrogens is 196 g/mol. The smallest absolute Gasteiger partial charge is 0.128 e. The van der Waals surface area contributed by atoms with Gasteiger partial charge in [0, 0.05) is 11.6 Å². The van der Waals surface area contributed by atoms with Crippen LogP contribution in [0.1, 0.15) is 36.9 Å². The minimum atomic E-state index is -0.281. The molecule has 1 N–H and O–H groups in total. The quantitative estimate of drug-likeness (QED) is 0.793. The molecule has 1 aromatic rings. The van der Waals surface area contributed by atoms with E-state index < -0.39 is 0 Å². The molecule has 1 unspecified atom stereocenters. The van der Waals surface area contributed by atoms with E-state index in [0.717, 1.165) is 19.4 Å². The van der Waals surface area contributed by atoms with Crippen molar-refractivity contribution in [3.05, 3.63) is 34.9 Å². The molecule has 1 atom stereocenters. The molecule has 15 heavy (non-hydrogen) atoms. The van der Waals surface area contributed by atoms with E-state index in [1.165, 1.54) is 12.1 Å². The van der Waals surface area contributed by atoms with E-state index in [9.17, 15) is 8.78 Å². The minimum absolute atomic E-state index is 0.0190. The Morgan fingerprint density at radius 2 is 2.07 bits per heavy atom. The van der Waals surface area contributed by atoms with E-state index >= 15 is 0 Å². The highest BCUT2D eigenvalue weighted by Crippen LogP contribution is 2.33. The third-order valence-electron chi connectivity index (χ3n) is 2.97. The largest absolute Gasteiger partial charge is 0.310 e. The lowest BCUT2D eigenvalue weighted by atomic mass is 9.87. The summed E-state index contributed by atoms with van der Waals surface area (Å²) < 4.78 is 27.1. The summed E-state index contributed by atoms with van der Waals surface area (Å²) in [5.41, 5.74) is 1.11. The van der Waals surface area contributed by atoms with Crippen LogP contribution in [0.2, 0.25) is 0 Å². The first-order valence-electron chi connectivity index (χ1n) is 5.44. The maximum absolute atomic E-state index is 13.6. The molecule has 0 fully saturated rings. The second-order valence-electron chi connectivity index (χ2n) is 3.92. The molecule has 2 rings (SSSR count). The Morgan fingerprint density at radius 1 is 1.33 bits per heavy atom. The van der Waals surface area contributed by atoms with Crippen LogP contribution in [0.15, 0.2) is 12.1 Å². The Bertz CT molecular complexity index is 363. The highest BCUT2D eigenvalue weighted by Gasteiger charge is 2.25. The number of rotatable bonds is 2. The minimum Gasteiger partial charge on any atom is -0.310 e. The molecule has 1 nitrogen and oxygen atoms in total. The van der Waals surface area contributed by atoms with Crippen LogP contribution in [-0.2, 0) is 6.42 Å². The highest BCUT2D eigenvalue weighted by molar-refractivity contribution is 5.34. The molecule has 0 aromatic heterocycles. The summed E-state index contributed by atoms with van der Waals surface area (Å²) in [7, 11) is 0. The van der Waals surface area contributed by atoms with Crippen LogP contribution in [0, 0.1) is 11.6 Å². The van der Waals surface area contributed by atoms with E-state index in [2.05, 4.69) is 5.32 Å². The van der Waals surface area contributed by atoms with Crippen LogP contribution in [0.3, 0.4) is 0 Å². The summed E-state index contributed by atoms with van der Waals surface area (Å²) in [5, 5.41) is 3.20. The lowest BCUT2D eigenvalue weighted by Gasteiger charge is -2.26. The molecule has 0 bridgehead atoms. The van der Waals surface area contributed by atoms with Crippen molar-refractivity contribution in [2.45, 2.75) is 32.2 Å². The summed E-state index contributed by atoms with van der Waals surface area (Å²) in [6, 6.07) is 2.43. The number of hydrogen-bond donors (Lipinski definition) is 1. The fourth-order valence-corrected chi connectivity index (χ4v) is 2.32. The Hall–Kier alpha value is -0.960. The van der Waals surface area contributed by atoms with Crippen molar-refractivity contribution in [2.24, 2.45) is 0 Å². The summed E-state index contributed by atoms with van der Waals surface area (Å²) in [4.78, 5) is 0. The number of hydrogen-bond acceptors (Lipinski definition) is 1. The van der Waals surface area contributed by atoms with Crippen LogP contribution in [0.4, 0.5) is 8.78 Å². The monoisotopic (exact) mass is 211 g/mol. The maximum atomic E-state index is 13.6. The first-order valence-corrected chi connectivity index (χ1v) is 5.44. The van der Waals surface area contributed by atoms with Gasteiger partial charge in [-0.25, -0.2) is 8.78 Å². The van der Waals surface area contributed by atoms with Crippen LogP contribution in [-0.4, -0.2) is 6.54 Å². The molecule has 0 radical (unpaired) electrons. The first-order chi connectivity index (χ1) is 7.24. The van der Waals surface area contributed by atoms with Crippen molar-refractivity contribution in [3.8, 4) is 0 Å². The lowest BCUT2D eigenvalue weighted by molar-refractivity contribution is 0.433. The highest BCUT2D eigenvalue weighted by atomic mass is 19.1. The number of halogens is 2. The number of fused-ring (bicyclic) bond motifs is 1. The predicted octanol–water partition coefficient (Wildman–Crippen LogP) is 2.95. The zero-order valence-corrected chi connectivity index (χ0v) is 8.82. The summed E-state index contributed by atoms with van der Waals surface area (Å²) in [5.74, 6) is -0.550. The van der Waals surface area contributed by atoms with Gasteiger partial charge in [-0.15, -0.1) is 0 Å². The van der Waals surface area contributed by atoms with Crippen LogP contribution < -0.4 is 5.32 Å². The molecule has 1 aliphatic rings. The van der Waals surface area contributed by atoms with E-state index in [1.807, 2.05) is 6.92 Å². The molecule has 1 aromatic carbocycles. The first kappa shape index (κ1) is 10.6. The van der Waals surface area contributed by atoms with Gasteiger partial charge in [-0.05, 0) is 43.5 Å². The fraction of sp³-hybridized carbons (Fsp3) is 0.500. The van der Waals surface area contributed by atoms with Gasteiger partial charge in [0.2, 0.25) is 0 Å². The van der Waals surface area contributed by atoms with Gasteiger partial charge in [-0.3, -0.25) is 0 Å². The van der Waals surface area contributed by atoms with Crippen molar-refractivity contribution in [1.29, 1.82) is 0 Å². The van der Waals surface area contributed by atoms with Gasteiger partial charge in [0.1, 0.15) is 11.6 Å². The third-order valence-corrected chi connectivity index (χ3v) is 2.97. The second-order valence-corrected chi connectivity index (χ2v) is 3.92. The molecular formula is C12H15F2N. The Balaban J connectivity index is 2.45. The number of nitrogens with one attached hydrogen (secondary N) is 1. The molecule has 0 saturated carbocycles. The SMILES string of the molecule is CCNC1CCCc2c(F)ccc(F)c21. The molecule has 0 saturated heterocycles. The summed E-state index contributed by atoms with van der Waals surface area (Å²) >= 11 is 0. The van der Waals surface area contributed by atoms with Gasteiger partial charge in [0.05, 0.1) is 0 Å². The number of benzene rings is 1. The molecule has 3 heteroatoms. The average molecular weight is 211 g/mol. The molecule has 0 aliphatic heterocycles. The third kappa shape index (κ3) is 1.88. The normalized spacial score (nSPS) is 20.1. The standard InChI is InChI=1S/C12H15F2N/c1-2-15-11-5-3-4-8-9(13)6-7-10(14)12(8)11/h6-7,11,15H,2-5H2,1H3. The van der Waals surface area contributed by atoms with Gasteiger partial charge < -0.3 is 5.32 Å². The van der Waals surface area contributed by atoms with Crippen LogP contribution in [0.5, 0.6) is 0 Å². The Kier molecular flexibility index (Phi) is 3.00. The van der Waals surface area contributed by atoms with E-state index in [1.54, 1.807) is 0 Å². The van der Waals surface area contributed by atoms with Crippen molar-refractivity contribution >= 4 is 0 Å². The van der Waals surface area contributed by atoms with Crippen LogP contribution >= 0.6 is 0 Å². The van der Waals surface area contributed by atoms with Crippen molar-refractivity contribution in [1.82, 2.24) is 5.32 Å². The van der Waals surface area contributed by atoms with E-state index in [-0.39, 0.29) is 17.7 Å². The van der Waals surface area contributed by atoms with Crippen LogP contribution in [0.25, 0.3) is 0 Å². The topological polar surface area (TPSA) is 12.0 Å². The van der Waals surface area contributed by atoms with Gasteiger partial charge in [0.25, 0.3) is 0 Å². The second kappa shape index (κ2) is 4.27. The zero-order valence-electron chi connectivity index (χ0n) is 8.82. The van der Waals surface area contributed by atoms with Gasteiger partial charge >= 0.3 is 0 Å². The maximum Gasteiger partial charge on any atom is 0.128 e. The van der Waals surface area contributed by atoms with Gasteiger partial charge in [0.15, 0.2) is 0 Å². The van der Waals surface area contributed by atoms with Crippen molar-refractivity contribution < 1.29 is 8.78 Å². The van der Waals surface area contributed by atoms with Crippen molar-refractivity contribution in [3.63, 3.8) is 0 Å². The van der Waals surface area contributed by atoms with Crippen molar-refractivity contribution in [2.75, 3.05) is 6.54 Å². The average Bonchev–Trinajstić information content (AvgIpc) is 2.24.